The van der Waals surface area contributed by atoms with Crippen LogP contribution in [0, 0.1) is 0 Å². The highest BCUT2D eigenvalue weighted by molar-refractivity contribution is 9.10. The molecule has 0 radical (unpaired) electrons. The van der Waals surface area contributed by atoms with E-state index in [2.05, 4.69) is 110 Å². The second-order valence-corrected chi connectivity index (χ2v) is 30.2. The predicted octanol–water partition coefficient (Wildman–Crippen LogP) is 6.28. The number of hydrogen-bond acceptors (Lipinski definition) is 17. The summed E-state index contributed by atoms with van der Waals surface area (Å²) >= 11 is 3.19. The summed E-state index contributed by atoms with van der Waals surface area (Å²) in [6.07, 6.45) is 13.7. The van der Waals surface area contributed by atoms with E-state index in [9.17, 15) is 16.8 Å². The Morgan fingerprint density at radius 1 is 0.767 bits per heavy atom. The Balaban J connectivity index is 0.000000190. The van der Waals surface area contributed by atoms with E-state index in [1.54, 1.807) is 37.2 Å². The highest BCUT2D eigenvalue weighted by atomic mass is 79.9. The lowest BCUT2D eigenvalue weighted by molar-refractivity contribution is 0.0708. The van der Waals surface area contributed by atoms with E-state index in [1.165, 1.54) is 13.3 Å². The van der Waals surface area contributed by atoms with Gasteiger partial charge in [-0.1, -0.05) is 19.6 Å². The van der Waals surface area contributed by atoms with E-state index >= 15 is 0 Å². The van der Waals surface area contributed by atoms with Gasteiger partial charge in [-0.25, -0.2) is 36.0 Å². The van der Waals surface area contributed by atoms with Gasteiger partial charge < -0.3 is 25.6 Å². The monoisotopic (exact) mass is 1130 g/mol. The van der Waals surface area contributed by atoms with Crippen molar-refractivity contribution in [2.75, 3.05) is 72.0 Å². The van der Waals surface area contributed by atoms with Crippen LogP contribution < -0.4 is 11.1 Å². The fraction of sp³-hybridized carbons (Fsp3) is 0.565. The highest BCUT2D eigenvalue weighted by Gasteiger charge is 2.35. The quantitative estimate of drug-likeness (QED) is 0.0670. The molecular formula is C46H73BrN18O5S2Si. The molecular weight excluding hydrogens is 1060 g/mol. The number of nitrogens with zero attached hydrogens (tertiary/aromatic N) is 15. The third-order valence-electron chi connectivity index (χ3n) is 12.6. The summed E-state index contributed by atoms with van der Waals surface area (Å²) in [5, 5.41) is 22.5. The van der Waals surface area contributed by atoms with E-state index < -0.39 is 28.1 Å². The first kappa shape index (κ1) is 57.3. The van der Waals surface area contributed by atoms with Gasteiger partial charge in [0, 0.05) is 101 Å². The summed E-state index contributed by atoms with van der Waals surface area (Å²) in [7, 11) is -0.525. The lowest BCUT2D eigenvalue weighted by Gasteiger charge is -2.34. The van der Waals surface area contributed by atoms with Gasteiger partial charge in [-0.15, -0.1) is 10.2 Å². The molecule has 4 N–H and O–H groups in total. The summed E-state index contributed by atoms with van der Waals surface area (Å²) in [5.41, 5.74) is 9.81. The maximum Gasteiger partial charge on any atom is 0.278 e. The molecule has 0 atom stereocenters. The summed E-state index contributed by atoms with van der Waals surface area (Å²) in [6, 6.07) is 9.80. The number of piperidine rings is 2. The van der Waals surface area contributed by atoms with Crippen LogP contribution in [0.5, 0.6) is 0 Å². The van der Waals surface area contributed by atoms with Crippen molar-refractivity contribution in [1.29, 1.82) is 0 Å². The molecule has 0 unspecified atom stereocenters. The fourth-order valence-corrected chi connectivity index (χ4v) is 12.2. The number of halogens is 1. The molecule has 0 bridgehead atoms. The normalized spacial score (nSPS) is 15.7. The molecule has 0 aliphatic carbocycles. The number of aromatic amines is 1. The topological polar surface area (TPSA) is 262 Å². The summed E-state index contributed by atoms with van der Waals surface area (Å²) in [6.45, 7) is 17.5. The number of aromatic nitrogens is 12. The summed E-state index contributed by atoms with van der Waals surface area (Å²) in [5.74, 6) is 1.56. The average molecular weight is 1130 g/mol. The Hall–Kier alpha value is -5.00. The Morgan fingerprint density at radius 2 is 1.26 bits per heavy atom. The van der Waals surface area contributed by atoms with Crippen LogP contribution in [0.2, 0.25) is 25.7 Å². The zero-order valence-corrected chi connectivity index (χ0v) is 48.1. The van der Waals surface area contributed by atoms with Gasteiger partial charge >= 0.3 is 0 Å². The fourth-order valence-electron chi connectivity index (χ4n) is 8.22. The number of nitrogens with two attached hydrogens (primary N) is 1. The van der Waals surface area contributed by atoms with Gasteiger partial charge in [-0.2, -0.15) is 28.8 Å². The van der Waals surface area contributed by atoms with Crippen LogP contribution in [-0.4, -0.2) is 176 Å². The zero-order chi connectivity index (χ0) is 53.3. The van der Waals surface area contributed by atoms with Gasteiger partial charge in [0.1, 0.15) is 18.4 Å². The Kier molecular flexibility index (Phi) is 19.6. The second kappa shape index (κ2) is 25.0. The van der Waals surface area contributed by atoms with Gasteiger partial charge in [0.25, 0.3) is 30.4 Å². The Bertz CT molecular complexity index is 2890. The largest absolute Gasteiger partial charge is 0.383 e. The summed E-state index contributed by atoms with van der Waals surface area (Å²) < 4.78 is 66.0. The first-order chi connectivity index (χ1) is 34.5. The van der Waals surface area contributed by atoms with E-state index in [4.69, 9.17) is 10.5 Å². The number of rotatable bonds is 17. The predicted molar refractivity (Wildman–Crippen MR) is 289 cm³/mol. The highest BCUT2D eigenvalue weighted by Crippen LogP contribution is 2.32. The lowest BCUT2D eigenvalue weighted by atomic mass is 10.1. The molecule has 2 saturated heterocycles. The van der Waals surface area contributed by atoms with Crippen molar-refractivity contribution in [2.45, 2.75) is 120 Å². The number of nitrogen functional groups attached to an aromatic ring is 1. The number of H-pyrrole nitrogens is 1. The minimum atomic E-state index is -3.74. The van der Waals surface area contributed by atoms with Crippen LogP contribution in [0.25, 0.3) is 22.3 Å². The maximum absolute atomic E-state index is 13.1. The Labute approximate surface area is 439 Å². The molecule has 23 nitrogen and oxygen atoms in total. The van der Waals surface area contributed by atoms with Crippen molar-refractivity contribution in [3.05, 3.63) is 66.2 Å². The SMILES string of the molecule is CC(C)n1ncc(-c2ccncc2)c1N.CC(C)n1ncc(-c2ccncc2)c1Nc1n[nH]c(S(=O)(=O)N2CCC(N(C)C)CC2)n1.CN(C)C1CCN(S(=O)(=O)c2nc(Br)nn2COCC[Si](C)(C)C)CC1. The molecule has 0 saturated carbocycles. The van der Waals surface area contributed by atoms with E-state index in [-0.39, 0.29) is 39.8 Å². The molecule has 6 aromatic rings. The van der Waals surface area contributed by atoms with Crippen molar-refractivity contribution < 1.29 is 21.6 Å². The van der Waals surface area contributed by atoms with Crippen LogP contribution >= 0.6 is 15.9 Å². The van der Waals surface area contributed by atoms with Gasteiger partial charge in [0.05, 0.1) is 12.4 Å². The standard InChI is InChI=1S/C20H29N9O2S.C15H30BrN5O3SSi.C11H14N4/c1-14(2)29-18(17(13-22-29)15-5-9-21-10-6-15)23-19-24-20(26-25-19)32(30,31)28-11-7-16(8-12-28)27(3)4;1-19(2)13-6-8-20(9-7-13)25(22,23)15-17-14(16)18-21(15)12-24-10-11-26(3,4)5;1-8(2)15-11(12)10(7-14-15)9-3-5-13-6-4-9/h5-6,9-10,13-14,16H,7-8,11-12H2,1-4H3,(H2,23,24,25,26);13H,6-12H2,1-5H3;3-8H,12H2,1-2H3. The van der Waals surface area contributed by atoms with Crippen molar-refractivity contribution in [1.82, 2.24) is 77.9 Å². The number of hydrogen-bond donors (Lipinski definition) is 3. The number of pyridine rings is 2. The van der Waals surface area contributed by atoms with E-state index in [0.717, 1.165) is 54.0 Å². The van der Waals surface area contributed by atoms with Crippen LogP contribution in [-0.2, 0) is 31.5 Å². The molecule has 2 aliphatic heterocycles. The van der Waals surface area contributed by atoms with E-state index in [1.807, 2.05) is 75.7 Å². The molecule has 6 aromatic heterocycles. The summed E-state index contributed by atoms with van der Waals surface area (Å²) in [4.78, 5) is 20.7. The molecule has 8 heterocycles. The van der Waals surface area contributed by atoms with Crippen molar-refractivity contribution in [3.63, 3.8) is 0 Å². The molecule has 2 fully saturated rings. The van der Waals surface area contributed by atoms with Gasteiger partial charge in [0.15, 0.2) is 0 Å². The number of sulfonamides is 2. The third kappa shape index (κ3) is 14.9. The van der Waals surface area contributed by atoms with Crippen LogP contribution in [0.15, 0.2) is 76.5 Å². The first-order valence-corrected chi connectivity index (χ1v) is 31.8. The van der Waals surface area contributed by atoms with E-state index in [0.29, 0.717) is 56.5 Å². The minimum absolute atomic E-state index is 0.0549. The molecule has 8 rings (SSSR count). The van der Waals surface area contributed by atoms with Crippen LogP contribution in [0.1, 0.15) is 65.5 Å². The number of anilines is 3. The Morgan fingerprint density at radius 3 is 1.75 bits per heavy atom. The lowest BCUT2D eigenvalue weighted by Crippen LogP contribution is -2.45. The molecule has 2 aliphatic rings. The van der Waals surface area contributed by atoms with Crippen LogP contribution in [0.4, 0.5) is 17.6 Å². The minimum Gasteiger partial charge on any atom is -0.383 e. The van der Waals surface area contributed by atoms with Crippen molar-refractivity contribution in [3.8, 4) is 22.3 Å². The first-order valence-electron chi connectivity index (χ1n) is 24.4. The smallest absolute Gasteiger partial charge is 0.278 e. The molecule has 0 aromatic carbocycles. The van der Waals surface area contributed by atoms with Crippen LogP contribution in [0.3, 0.4) is 0 Å². The number of ether oxygens (including phenoxy) is 1. The van der Waals surface area contributed by atoms with Crippen molar-refractivity contribution >= 4 is 61.6 Å². The molecule has 27 heteroatoms. The second-order valence-electron chi connectivity index (χ2n) is 20.2. The number of nitrogens with one attached hydrogen (secondary N) is 2. The third-order valence-corrected chi connectivity index (χ3v) is 18.1. The zero-order valence-electron chi connectivity index (χ0n) is 43.9. The molecule has 0 spiro atoms. The van der Waals surface area contributed by atoms with Crippen molar-refractivity contribution in [2.24, 2.45) is 0 Å². The molecule has 400 valence electrons. The van der Waals surface area contributed by atoms with Gasteiger partial charge in [-0.3, -0.25) is 9.97 Å². The molecule has 0 amide bonds. The maximum atomic E-state index is 13.1. The van der Waals surface area contributed by atoms with Gasteiger partial charge in [0.2, 0.25) is 10.7 Å². The average Bonchev–Trinajstić information content (AvgIpc) is 4.18. The van der Waals surface area contributed by atoms with Gasteiger partial charge in [-0.05, 0) is 139 Å². The molecule has 73 heavy (non-hydrogen) atoms.